The number of para-hydroxylation sites is 1. The number of Topliss-reactive ketones (excluding diaryl/α,β-unsaturated/α-hetero) is 1. The Kier molecular flexibility index (Phi) is 6.54. The summed E-state index contributed by atoms with van der Waals surface area (Å²) in [5.74, 6) is 0.341. The fourth-order valence-electron chi connectivity index (χ4n) is 5.41. The number of anilines is 1. The molecule has 4 aromatic rings. The van der Waals surface area contributed by atoms with E-state index in [4.69, 9.17) is 0 Å². The number of carbonyl (C=O) groups excluding carboxylic acids is 2. The third kappa shape index (κ3) is 4.93. The van der Waals surface area contributed by atoms with Crippen LogP contribution in [-0.2, 0) is 23.8 Å². The Labute approximate surface area is 229 Å². The number of rotatable bonds is 2. The van der Waals surface area contributed by atoms with Gasteiger partial charge in [0.15, 0.2) is 5.78 Å². The molecule has 0 spiro atoms. The van der Waals surface area contributed by atoms with Crippen LogP contribution in [0.4, 0.5) is 24.5 Å². The third-order valence-corrected chi connectivity index (χ3v) is 7.36. The van der Waals surface area contributed by atoms with E-state index in [-0.39, 0.29) is 11.7 Å². The molecule has 0 atom stereocenters. The van der Waals surface area contributed by atoms with E-state index in [2.05, 4.69) is 22.1 Å². The van der Waals surface area contributed by atoms with Crippen molar-refractivity contribution >= 4 is 29.3 Å². The van der Waals surface area contributed by atoms with Gasteiger partial charge >= 0.3 is 6.18 Å². The molecule has 8 heteroatoms. The first-order chi connectivity index (χ1) is 19.3. The molecule has 0 unspecified atom stereocenters. The standard InChI is InChI=1S/C23H17F3N2O.C9H7NO/c24-23(25,26)20-3-1-2-14(11-20)18-10-19(13-27-12-18)17-8-15-4-5-21(29)28-7-6-16(9-17)22(15)28;11-9-5-6-10-8-4-2-1-3-7(8)9/h1-3,8-13H,4-7H2;1-4,6H,5H2. The number of aryl methyl sites for hydroxylation is 1. The van der Waals surface area contributed by atoms with Crippen LogP contribution in [0.15, 0.2) is 84.1 Å². The molecule has 3 aromatic carbocycles. The molecule has 0 N–H and O–H groups in total. The minimum Gasteiger partial charge on any atom is -0.312 e. The minimum atomic E-state index is -4.38. The zero-order chi connectivity index (χ0) is 27.9. The van der Waals surface area contributed by atoms with E-state index < -0.39 is 11.7 Å². The van der Waals surface area contributed by atoms with Gasteiger partial charge in [-0.05, 0) is 77.6 Å². The number of aliphatic imine (C=N–C) groups is 1. The van der Waals surface area contributed by atoms with Crippen LogP contribution in [0.1, 0.15) is 39.9 Å². The maximum Gasteiger partial charge on any atom is 0.416 e. The third-order valence-electron chi connectivity index (χ3n) is 7.36. The first-order valence-electron chi connectivity index (χ1n) is 13.0. The molecule has 0 bridgehead atoms. The average Bonchev–Trinajstić information content (AvgIpc) is 3.41. The number of hydrogen-bond donors (Lipinski definition) is 0. The molecule has 7 rings (SSSR count). The van der Waals surface area contributed by atoms with E-state index in [0.29, 0.717) is 36.9 Å². The number of benzene rings is 3. The lowest BCUT2D eigenvalue weighted by molar-refractivity contribution is -0.137. The van der Waals surface area contributed by atoms with Crippen molar-refractivity contribution in [2.45, 2.75) is 31.9 Å². The number of alkyl halides is 3. The number of nitrogens with zero attached hydrogens (tertiary/aromatic N) is 3. The van der Waals surface area contributed by atoms with Gasteiger partial charge in [-0.2, -0.15) is 13.2 Å². The number of pyridine rings is 1. The predicted molar refractivity (Wildman–Crippen MR) is 148 cm³/mol. The lowest BCUT2D eigenvalue weighted by Crippen LogP contribution is -2.32. The van der Waals surface area contributed by atoms with Gasteiger partial charge in [-0.25, -0.2) is 0 Å². The highest BCUT2D eigenvalue weighted by atomic mass is 19.4. The van der Waals surface area contributed by atoms with Gasteiger partial charge in [0.2, 0.25) is 5.91 Å². The fraction of sp³-hybridized carbons (Fsp3) is 0.188. The summed E-state index contributed by atoms with van der Waals surface area (Å²) in [4.78, 5) is 33.5. The minimum absolute atomic E-state index is 0.163. The number of fused-ring (bicyclic) bond motifs is 1. The van der Waals surface area contributed by atoms with E-state index in [1.54, 1.807) is 24.7 Å². The lowest BCUT2D eigenvalue weighted by atomic mass is 9.93. The van der Waals surface area contributed by atoms with Crippen molar-refractivity contribution in [1.29, 1.82) is 0 Å². The summed E-state index contributed by atoms with van der Waals surface area (Å²) in [5.41, 5.74) is 7.17. The zero-order valence-corrected chi connectivity index (χ0v) is 21.4. The van der Waals surface area contributed by atoms with Crippen LogP contribution in [0.5, 0.6) is 0 Å². The number of ketones is 1. The van der Waals surface area contributed by atoms with Crippen LogP contribution in [0.25, 0.3) is 22.3 Å². The van der Waals surface area contributed by atoms with E-state index in [9.17, 15) is 22.8 Å². The summed E-state index contributed by atoms with van der Waals surface area (Å²) < 4.78 is 39.2. The van der Waals surface area contributed by atoms with Crippen LogP contribution in [0.3, 0.4) is 0 Å². The van der Waals surface area contributed by atoms with Gasteiger partial charge in [0.05, 0.1) is 16.9 Å². The van der Waals surface area contributed by atoms with Gasteiger partial charge in [0, 0.05) is 54.7 Å². The molecule has 0 fully saturated rings. The zero-order valence-electron chi connectivity index (χ0n) is 21.4. The fourth-order valence-corrected chi connectivity index (χ4v) is 5.41. The molecule has 0 radical (unpaired) electrons. The molecule has 3 aliphatic rings. The van der Waals surface area contributed by atoms with Gasteiger partial charge in [0.25, 0.3) is 0 Å². The van der Waals surface area contributed by atoms with Crippen LogP contribution >= 0.6 is 0 Å². The Bertz CT molecular complexity index is 1680. The molecular weight excluding hydrogens is 515 g/mol. The van der Waals surface area contributed by atoms with Crippen molar-refractivity contribution in [2.24, 2.45) is 4.99 Å². The highest BCUT2D eigenvalue weighted by molar-refractivity contribution is 6.09. The largest absolute Gasteiger partial charge is 0.416 e. The summed E-state index contributed by atoms with van der Waals surface area (Å²) in [7, 11) is 0. The van der Waals surface area contributed by atoms with Crippen molar-refractivity contribution in [1.82, 2.24) is 4.98 Å². The average molecular weight is 540 g/mol. The molecule has 1 aromatic heterocycles. The molecule has 4 heterocycles. The van der Waals surface area contributed by atoms with E-state index >= 15 is 0 Å². The van der Waals surface area contributed by atoms with Gasteiger partial charge in [0.1, 0.15) is 0 Å². The SMILES string of the molecule is O=C1CC=Nc2ccccc21.O=C1CCc2cc(-c3cncc(-c4cccc(C(F)(F)F)c4)c3)cc3c2N1CC3. The highest BCUT2D eigenvalue weighted by Gasteiger charge is 2.32. The Morgan fingerprint density at radius 1 is 0.750 bits per heavy atom. The monoisotopic (exact) mass is 539 g/mol. The van der Waals surface area contributed by atoms with Crippen LogP contribution in [0.2, 0.25) is 0 Å². The number of halogens is 3. The van der Waals surface area contributed by atoms with Crippen molar-refractivity contribution in [3.8, 4) is 22.3 Å². The Morgan fingerprint density at radius 2 is 1.50 bits per heavy atom. The van der Waals surface area contributed by atoms with E-state index in [1.165, 1.54) is 6.07 Å². The molecule has 3 aliphatic heterocycles. The summed E-state index contributed by atoms with van der Waals surface area (Å²) >= 11 is 0. The summed E-state index contributed by atoms with van der Waals surface area (Å²) in [6, 6.07) is 18.7. The first kappa shape index (κ1) is 25.7. The number of aromatic nitrogens is 1. The second-order valence-electron chi connectivity index (χ2n) is 9.94. The molecule has 5 nitrogen and oxygen atoms in total. The van der Waals surface area contributed by atoms with Crippen LogP contribution < -0.4 is 4.90 Å². The molecule has 0 saturated carbocycles. The Morgan fingerprint density at radius 3 is 2.27 bits per heavy atom. The van der Waals surface area contributed by atoms with Gasteiger partial charge in [-0.3, -0.25) is 19.6 Å². The van der Waals surface area contributed by atoms with Crippen molar-refractivity contribution in [2.75, 3.05) is 11.4 Å². The number of carbonyl (C=O) groups is 2. The Hall–Kier alpha value is -4.59. The molecule has 200 valence electrons. The maximum atomic E-state index is 13.1. The quantitative estimate of drug-likeness (QED) is 0.270. The van der Waals surface area contributed by atoms with Crippen molar-refractivity contribution < 1.29 is 22.8 Å². The molecule has 0 saturated heterocycles. The van der Waals surface area contributed by atoms with Gasteiger partial charge in [-0.1, -0.05) is 24.3 Å². The first-order valence-corrected chi connectivity index (χ1v) is 13.0. The predicted octanol–water partition coefficient (Wildman–Crippen LogP) is 7.25. The molecule has 1 amide bonds. The Balaban J connectivity index is 0.000000219. The molecule has 40 heavy (non-hydrogen) atoms. The molecular formula is C32H24F3N3O2. The van der Waals surface area contributed by atoms with E-state index in [0.717, 1.165) is 57.7 Å². The lowest BCUT2D eigenvalue weighted by Gasteiger charge is -2.25. The summed E-state index contributed by atoms with van der Waals surface area (Å²) in [5, 5.41) is 0. The molecule has 0 aliphatic carbocycles. The maximum absolute atomic E-state index is 13.1. The van der Waals surface area contributed by atoms with Crippen molar-refractivity contribution in [3.63, 3.8) is 0 Å². The summed E-state index contributed by atoms with van der Waals surface area (Å²) in [6.07, 6.45) is 3.07. The second-order valence-corrected chi connectivity index (χ2v) is 9.94. The topological polar surface area (TPSA) is 62.6 Å². The number of amides is 1. The van der Waals surface area contributed by atoms with Gasteiger partial charge < -0.3 is 4.90 Å². The van der Waals surface area contributed by atoms with Crippen LogP contribution in [-0.4, -0.2) is 29.4 Å². The summed E-state index contributed by atoms with van der Waals surface area (Å²) in [6.45, 7) is 0.715. The van der Waals surface area contributed by atoms with Crippen LogP contribution in [0, 0.1) is 0 Å². The van der Waals surface area contributed by atoms with Crippen molar-refractivity contribution in [3.05, 3.63) is 101 Å². The van der Waals surface area contributed by atoms with E-state index in [1.807, 2.05) is 35.2 Å². The highest BCUT2D eigenvalue weighted by Crippen LogP contribution is 2.40. The smallest absolute Gasteiger partial charge is 0.312 e. The normalized spacial score (nSPS) is 15.3. The number of hydrogen-bond acceptors (Lipinski definition) is 4. The van der Waals surface area contributed by atoms with Gasteiger partial charge in [-0.15, -0.1) is 0 Å². The second kappa shape index (κ2) is 10.2.